The highest BCUT2D eigenvalue weighted by Crippen LogP contribution is 2.27. The van der Waals surface area contributed by atoms with Crippen molar-refractivity contribution in [3.05, 3.63) is 29.3 Å². The SMILES string of the molecule is CCCCOC(NC(=O)[C@H](CC1CCCCC1)NC(=O)N1CCOCC1)C(=O)C(=O)Nc1ccc(Cl)cc1. The summed E-state index contributed by atoms with van der Waals surface area (Å²) < 4.78 is 11.0. The molecule has 0 spiro atoms. The highest BCUT2D eigenvalue weighted by molar-refractivity contribution is 6.42. The van der Waals surface area contributed by atoms with Crippen LogP contribution in [0.4, 0.5) is 10.5 Å². The topological polar surface area (TPSA) is 126 Å². The number of ether oxygens (including phenoxy) is 2. The highest BCUT2D eigenvalue weighted by atomic mass is 35.5. The minimum Gasteiger partial charge on any atom is -0.378 e. The van der Waals surface area contributed by atoms with Crippen LogP contribution in [0.15, 0.2) is 24.3 Å². The Morgan fingerprint density at radius 1 is 1.05 bits per heavy atom. The molecule has 1 unspecified atom stereocenters. The smallest absolute Gasteiger partial charge is 0.318 e. The summed E-state index contributed by atoms with van der Waals surface area (Å²) in [7, 11) is 0. The zero-order valence-corrected chi connectivity index (χ0v) is 22.8. The Morgan fingerprint density at radius 3 is 2.39 bits per heavy atom. The van der Waals surface area contributed by atoms with Crippen LogP contribution in [0.1, 0.15) is 58.3 Å². The van der Waals surface area contributed by atoms with E-state index in [1.165, 1.54) is 0 Å². The van der Waals surface area contributed by atoms with Crippen LogP contribution in [0.25, 0.3) is 0 Å². The van der Waals surface area contributed by atoms with Gasteiger partial charge in [-0.15, -0.1) is 0 Å². The molecular weight excluding hydrogens is 512 g/mol. The molecule has 2 atom stereocenters. The van der Waals surface area contributed by atoms with Crippen LogP contribution in [0.5, 0.6) is 0 Å². The molecule has 3 N–H and O–H groups in total. The summed E-state index contributed by atoms with van der Waals surface area (Å²) in [6, 6.07) is 5.11. The Hall–Kier alpha value is -2.69. The third-order valence-electron chi connectivity index (χ3n) is 6.83. The predicted octanol–water partition coefficient (Wildman–Crippen LogP) is 3.49. The first-order chi connectivity index (χ1) is 18.4. The van der Waals surface area contributed by atoms with Crippen molar-refractivity contribution in [2.24, 2.45) is 5.92 Å². The zero-order chi connectivity index (χ0) is 27.3. The van der Waals surface area contributed by atoms with E-state index in [0.717, 1.165) is 38.5 Å². The van der Waals surface area contributed by atoms with E-state index in [1.54, 1.807) is 29.2 Å². The third kappa shape index (κ3) is 9.56. The van der Waals surface area contributed by atoms with Gasteiger partial charge >= 0.3 is 6.03 Å². The summed E-state index contributed by atoms with van der Waals surface area (Å²) in [5.74, 6) is -2.12. The molecule has 4 amide bonds. The van der Waals surface area contributed by atoms with E-state index in [9.17, 15) is 19.2 Å². The average Bonchev–Trinajstić information content (AvgIpc) is 2.94. The van der Waals surface area contributed by atoms with Gasteiger partial charge in [0.25, 0.3) is 11.7 Å². The van der Waals surface area contributed by atoms with Crippen molar-refractivity contribution >= 4 is 40.9 Å². The van der Waals surface area contributed by atoms with Gasteiger partial charge in [-0.05, 0) is 43.0 Å². The summed E-state index contributed by atoms with van der Waals surface area (Å²) in [6.45, 7) is 3.92. The number of urea groups is 1. The Labute approximate surface area is 229 Å². The molecule has 3 rings (SSSR count). The molecule has 11 heteroatoms. The zero-order valence-electron chi connectivity index (χ0n) is 22.0. The van der Waals surface area contributed by atoms with Crippen molar-refractivity contribution in [1.82, 2.24) is 15.5 Å². The molecule has 1 saturated heterocycles. The molecule has 2 fully saturated rings. The van der Waals surface area contributed by atoms with Gasteiger partial charge in [0.15, 0.2) is 6.23 Å². The first-order valence-corrected chi connectivity index (χ1v) is 13.9. The van der Waals surface area contributed by atoms with Gasteiger partial charge in [-0.25, -0.2) is 4.79 Å². The number of unbranched alkanes of at least 4 members (excludes halogenated alkanes) is 1. The normalized spacial score (nSPS) is 17.8. The average molecular weight is 551 g/mol. The maximum Gasteiger partial charge on any atom is 0.318 e. The van der Waals surface area contributed by atoms with Gasteiger partial charge in [0.1, 0.15) is 6.04 Å². The van der Waals surface area contributed by atoms with E-state index in [2.05, 4.69) is 16.0 Å². The second-order valence-corrected chi connectivity index (χ2v) is 10.2. The minimum atomic E-state index is -1.48. The molecule has 38 heavy (non-hydrogen) atoms. The number of Topliss-reactive ketones (excluding diaryl/α,β-unsaturated/α-hetero) is 1. The molecule has 2 aliphatic rings. The summed E-state index contributed by atoms with van der Waals surface area (Å²) in [5.41, 5.74) is 0.388. The number of carbonyl (C=O) groups excluding carboxylic acids is 4. The van der Waals surface area contributed by atoms with Gasteiger partial charge in [0, 0.05) is 30.4 Å². The Kier molecular flexibility index (Phi) is 12.3. The number of morpholine rings is 1. The second-order valence-electron chi connectivity index (χ2n) is 9.78. The number of halogens is 1. The molecular formula is C27H39ClN4O6. The van der Waals surface area contributed by atoms with Crippen LogP contribution >= 0.6 is 11.6 Å². The van der Waals surface area contributed by atoms with Crippen LogP contribution in [0.2, 0.25) is 5.02 Å². The largest absolute Gasteiger partial charge is 0.378 e. The lowest BCUT2D eigenvalue weighted by molar-refractivity contribution is -0.147. The summed E-state index contributed by atoms with van der Waals surface area (Å²) >= 11 is 5.89. The molecule has 1 heterocycles. The maximum atomic E-state index is 13.5. The Morgan fingerprint density at radius 2 is 1.74 bits per heavy atom. The van der Waals surface area contributed by atoms with E-state index in [0.29, 0.717) is 49.9 Å². The van der Waals surface area contributed by atoms with E-state index in [-0.39, 0.29) is 18.6 Å². The fraction of sp³-hybridized carbons (Fsp3) is 0.630. The second kappa shape index (κ2) is 15.7. The molecule has 1 aliphatic heterocycles. The first kappa shape index (κ1) is 29.9. The monoisotopic (exact) mass is 550 g/mol. The van der Waals surface area contributed by atoms with Crippen molar-refractivity contribution in [2.45, 2.75) is 70.6 Å². The number of ketones is 1. The molecule has 1 aromatic carbocycles. The number of hydrogen-bond acceptors (Lipinski definition) is 6. The van der Waals surface area contributed by atoms with E-state index < -0.39 is 29.9 Å². The predicted molar refractivity (Wildman–Crippen MR) is 144 cm³/mol. The van der Waals surface area contributed by atoms with Crippen molar-refractivity contribution in [1.29, 1.82) is 0 Å². The van der Waals surface area contributed by atoms with Crippen LogP contribution < -0.4 is 16.0 Å². The van der Waals surface area contributed by atoms with Gasteiger partial charge < -0.3 is 30.3 Å². The van der Waals surface area contributed by atoms with Crippen LogP contribution in [-0.2, 0) is 23.9 Å². The number of anilines is 1. The van der Waals surface area contributed by atoms with Gasteiger partial charge in [-0.3, -0.25) is 14.4 Å². The number of nitrogens with one attached hydrogen (secondary N) is 3. The van der Waals surface area contributed by atoms with Gasteiger partial charge in [0.05, 0.1) is 13.2 Å². The number of nitrogens with zero attached hydrogens (tertiary/aromatic N) is 1. The van der Waals surface area contributed by atoms with Crippen molar-refractivity contribution in [3.8, 4) is 0 Å². The minimum absolute atomic E-state index is 0.189. The lowest BCUT2D eigenvalue weighted by Gasteiger charge is -2.31. The lowest BCUT2D eigenvalue weighted by Crippen LogP contribution is -2.57. The van der Waals surface area contributed by atoms with Crippen LogP contribution in [0.3, 0.4) is 0 Å². The maximum absolute atomic E-state index is 13.5. The molecule has 0 aromatic heterocycles. The van der Waals surface area contributed by atoms with Gasteiger partial charge in [-0.2, -0.15) is 0 Å². The summed E-state index contributed by atoms with van der Waals surface area (Å²) in [6.07, 6.45) is 5.74. The molecule has 10 nitrogen and oxygen atoms in total. The molecule has 0 radical (unpaired) electrons. The fourth-order valence-electron chi connectivity index (χ4n) is 4.60. The summed E-state index contributed by atoms with van der Waals surface area (Å²) in [4.78, 5) is 53.7. The number of carbonyl (C=O) groups is 4. The Bertz CT molecular complexity index is 932. The lowest BCUT2D eigenvalue weighted by atomic mass is 9.84. The van der Waals surface area contributed by atoms with Crippen molar-refractivity contribution in [2.75, 3.05) is 38.2 Å². The van der Waals surface area contributed by atoms with E-state index in [1.807, 2.05) is 6.92 Å². The fourth-order valence-corrected chi connectivity index (χ4v) is 4.72. The number of benzene rings is 1. The standard InChI is InChI=1S/C27H39ClN4O6/c1-2-3-15-38-26(23(33)25(35)29-21-11-9-20(28)10-12-21)31-24(34)22(18-19-7-5-4-6-8-19)30-27(36)32-13-16-37-17-14-32/h9-12,19,22,26H,2-8,13-18H2,1H3,(H,29,35)(H,30,36)(H,31,34)/t22-,26?/m0/s1. The van der Waals surface area contributed by atoms with E-state index >= 15 is 0 Å². The summed E-state index contributed by atoms with van der Waals surface area (Å²) in [5, 5.41) is 8.47. The van der Waals surface area contributed by atoms with Gasteiger partial charge in [0.2, 0.25) is 5.91 Å². The molecule has 210 valence electrons. The molecule has 1 aromatic rings. The number of amides is 4. The molecule has 1 saturated carbocycles. The number of rotatable bonds is 12. The quantitative estimate of drug-likeness (QED) is 0.208. The first-order valence-electron chi connectivity index (χ1n) is 13.5. The molecule has 0 bridgehead atoms. The Balaban J connectivity index is 1.70. The van der Waals surface area contributed by atoms with Crippen LogP contribution in [0, 0.1) is 5.92 Å². The third-order valence-corrected chi connectivity index (χ3v) is 7.08. The van der Waals surface area contributed by atoms with Crippen molar-refractivity contribution in [3.63, 3.8) is 0 Å². The van der Waals surface area contributed by atoms with Crippen molar-refractivity contribution < 1.29 is 28.7 Å². The highest BCUT2D eigenvalue weighted by Gasteiger charge is 2.33. The molecule has 1 aliphatic carbocycles. The van der Waals surface area contributed by atoms with E-state index in [4.69, 9.17) is 21.1 Å². The van der Waals surface area contributed by atoms with Crippen LogP contribution in [-0.4, -0.2) is 73.7 Å². The number of hydrogen-bond donors (Lipinski definition) is 3. The van der Waals surface area contributed by atoms with Gasteiger partial charge in [-0.1, -0.05) is 57.0 Å².